The van der Waals surface area contributed by atoms with Gasteiger partial charge in [0.2, 0.25) is 11.2 Å². The topological polar surface area (TPSA) is 70.4 Å². The lowest BCUT2D eigenvalue weighted by molar-refractivity contribution is 0.0882. The molecule has 0 unspecified atom stereocenters. The number of fused-ring (bicyclic) bond motifs is 3. The molecule has 3 aromatic carbocycles. The maximum atomic E-state index is 13.2. The third-order valence-corrected chi connectivity index (χ3v) is 5.63. The van der Waals surface area contributed by atoms with Crippen molar-refractivity contribution in [1.82, 2.24) is 4.90 Å². The minimum absolute atomic E-state index is 0.0922. The molecule has 0 bridgehead atoms. The van der Waals surface area contributed by atoms with Crippen molar-refractivity contribution in [2.45, 2.75) is 13.1 Å². The second kappa shape index (κ2) is 8.88. The van der Waals surface area contributed by atoms with Crippen molar-refractivity contribution >= 4 is 11.0 Å². The van der Waals surface area contributed by atoms with Crippen LogP contribution in [0.3, 0.4) is 0 Å². The van der Waals surface area contributed by atoms with Crippen LogP contribution in [-0.2, 0) is 13.1 Å². The molecule has 0 aliphatic carbocycles. The van der Waals surface area contributed by atoms with Crippen molar-refractivity contribution in [2.24, 2.45) is 0 Å². The molecule has 1 aliphatic heterocycles. The normalized spacial score (nSPS) is 13.3. The van der Waals surface area contributed by atoms with Crippen LogP contribution in [0.2, 0.25) is 0 Å². The van der Waals surface area contributed by atoms with Crippen LogP contribution in [0.15, 0.2) is 76.1 Å². The van der Waals surface area contributed by atoms with Crippen molar-refractivity contribution < 1.29 is 23.4 Å². The Hall–Kier alpha value is -3.97. The van der Waals surface area contributed by atoms with E-state index in [9.17, 15) is 4.79 Å². The Kier molecular flexibility index (Phi) is 5.62. The van der Waals surface area contributed by atoms with E-state index in [1.807, 2.05) is 42.5 Å². The number of para-hydroxylation sites is 3. The zero-order valence-corrected chi connectivity index (χ0v) is 18.4. The second-order valence-electron chi connectivity index (χ2n) is 7.67. The zero-order valence-electron chi connectivity index (χ0n) is 18.4. The molecule has 0 N–H and O–H groups in total. The highest BCUT2D eigenvalue weighted by Crippen LogP contribution is 2.35. The Morgan fingerprint density at radius 1 is 0.879 bits per heavy atom. The summed E-state index contributed by atoms with van der Waals surface area (Å²) in [5.74, 6) is 2.60. The first kappa shape index (κ1) is 20.9. The summed E-state index contributed by atoms with van der Waals surface area (Å²) < 4.78 is 28.5. The van der Waals surface area contributed by atoms with E-state index in [2.05, 4.69) is 4.90 Å². The third-order valence-electron chi connectivity index (χ3n) is 5.63. The van der Waals surface area contributed by atoms with Crippen LogP contribution in [0.5, 0.6) is 28.7 Å². The molecule has 0 fully saturated rings. The van der Waals surface area contributed by atoms with Crippen LogP contribution >= 0.6 is 0 Å². The number of methoxy groups -OCH3 is 2. The fourth-order valence-electron chi connectivity index (χ4n) is 4.00. The Balaban J connectivity index is 1.46. The van der Waals surface area contributed by atoms with Gasteiger partial charge in [-0.15, -0.1) is 0 Å². The maximum absolute atomic E-state index is 13.2. The molecule has 33 heavy (non-hydrogen) atoms. The van der Waals surface area contributed by atoms with E-state index in [-0.39, 0.29) is 11.2 Å². The molecule has 168 valence electrons. The van der Waals surface area contributed by atoms with Crippen LogP contribution in [0.1, 0.15) is 11.1 Å². The Morgan fingerprint density at radius 2 is 1.61 bits per heavy atom. The van der Waals surface area contributed by atoms with Crippen molar-refractivity contribution in [1.29, 1.82) is 0 Å². The molecule has 7 nitrogen and oxygen atoms in total. The molecule has 4 aromatic rings. The summed E-state index contributed by atoms with van der Waals surface area (Å²) in [5, 5.41) is 0.434. The number of hydrogen-bond donors (Lipinski definition) is 0. The molecule has 0 saturated carbocycles. The van der Waals surface area contributed by atoms with E-state index in [0.29, 0.717) is 48.0 Å². The van der Waals surface area contributed by atoms with E-state index in [1.165, 1.54) is 6.26 Å². The minimum atomic E-state index is -0.258. The quantitative estimate of drug-likeness (QED) is 0.416. The Morgan fingerprint density at radius 3 is 2.39 bits per heavy atom. The van der Waals surface area contributed by atoms with Crippen LogP contribution < -0.4 is 24.4 Å². The van der Waals surface area contributed by atoms with E-state index >= 15 is 0 Å². The number of benzene rings is 3. The van der Waals surface area contributed by atoms with Gasteiger partial charge in [-0.25, -0.2) is 0 Å². The SMILES string of the molecule is COc1ccccc1CN1COc2ccc3c(=O)c(Oc4ccccc4OC)coc3c2C1. The van der Waals surface area contributed by atoms with Gasteiger partial charge >= 0.3 is 0 Å². The minimum Gasteiger partial charge on any atom is -0.496 e. The monoisotopic (exact) mass is 445 g/mol. The number of ether oxygens (including phenoxy) is 4. The largest absolute Gasteiger partial charge is 0.496 e. The average Bonchev–Trinajstić information content (AvgIpc) is 2.86. The lowest BCUT2D eigenvalue weighted by Gasteiger charge is -2.29. The number of nitrogens with zero attached hydrogens (tertiary/aromatic N) is 1. The predicted octanol–water partition coefficient (Wildman–Crippen LogP) is 4.95. The van der Waals surface area contributed by atoms with Gasteiger partial charge in [0.15, 0.2) is 11.5 Å². The standard InChI is InChI=1S/C26H23NO6/c1-29-20-8-4-3-7-17(20)13-27-14-19-21(32-16-27)12-11-18-25(28)24(15-31-26(18)19)33-23-10-6-5-9-22(23)30-2/h3-12,15H,13-14,16H2,1-2H3. The second-order valence-corrected chi connectivity index (χ2v) is 7.67. The molecule has 7 heteroatoms. The molecule has 0 spiro atoms. The van der Waals surface area contributed by atoms with Crippen molar-refractivity contribution in [3.63, 3.8) is 0 Å². The van der Waals surface area contributed by atoms with Gasteiger partial charge in [-0.3, -0.25) is 9.69 Å². The van der Waals surface area contributed by atoms with Crippen LogP contribution in [0.4, 0.5) is 0 Å². The smallest absolute Gasteiger partial charge is 0.235 e. The summed E-state index contributed by atoms with van der Waals surface area (Å²) in [4.78, 5) is 15.3. The van der Waals surface area contributed by atoms with Gasteiger partial charge in [0.1, 0.15) is 30.1 Å². The Labute approximate surface area is 190 Å². The fourth-order valence-corrected chi connectivity index (χ4v) is 4.00. The lowest BCUT2D eigenvalue weighted by atomic mass is 10.1. The highest BCUT2D eigenvalue weighted by Gasteiger charge is 2.24. The van der Waals surface area contributed by atoms with E-state index < -0.39 is 0 Å². The molecular formula is C26H23NO6. The molecular weight excluding hydrogens is 422 g/mol. The highest BCUT2D eigenvalue weighted by molar-refractivity contribution is 5.83. The summed E-state index contributed by atoms with van der Waals surface area (Å²) in [7, 11) is 3.21. The fraction of sp³-hybridized carbons (Fsp3) is 0.192. The highest BCUT2D eigenvalue weighted by atomic mass is 16.5. The summed E-state index contributed by atoms with van der Waals surface area (Å²) in [6, 6.07) is 18.5. The molecule has 1 aromatic heterocycles. The van der Waals surface area contributed by atoms with Crippen LogP contribution in [0.25, 0.3) is 11.0 Å². The molecule has 5 rings (SSSR count). The molecule has 0 radical (unpaired) electrons. The first-order chi connectivity index (χ1) is 16.2. The van der Waals surface area contributed by atoms with Gasteiger partial charge in [0.05, 0.1) is 25.2 Å². The summed E-state index contributed by atoms with van der Waals surface area (Å²) in [6.07, 6.45) is 1.34. The molecule has 1 aliphatic rings. The van der Waals surface area contributed by atoms with Gasteiger partial charge in [-0.2, -0.15) is 0 Å². The van der Waals surface area contributed by atoms with Crippen LogP contribution in [-0.4, -0.2) is 25.9 Å². The van der Waals surface area contributed by atoms with Crippen molar-refractivity contribution in [3.8, 4) is 28.7 Å². The van der Waals surface area contributed by atoms with Crippen molar-refractivity contribution in [3.05, 3.63) is 88.3 Å². The molecule has 2 heterocycles. The summed E-state index contributed by atoms with van der Waals surface area (Å²) >= 11 is 0. The van der Waals surface area contributed by atoms with Gasteiger partial charge in [0.25, 0.3) is 0 Å². The first-order valence-electron chi connectivity index (χ1n) is 10.5. The predicted molar refractivity (Wildman–Crippen MR) is 123 cm³/mol. The van der Waals surface area contributed by atoms with E-state index in [0.717, 1.165) is 16.9 Å². The summed E-state index contributed by atoms with van der Waals surface area (Å²) in [6.45, 7) is 1.63. The summed E-state index contributed by atoms with van der Waals surface area (Å²) in [5.41, 5.74) is 2.12. The molecule has 0 saturated heterocycles. The Bertz CT molecular complexity index is 1360. The van der Waals surface area contributed by atoms with Gasteiger partial charge in [-0.1, -0.05) is 30.3 Å². The average molecular weight is 445 g/mol. The number of rotatable bonds is 6. The first-order valence-corrected chi connectivity index (χ1v) is 10.5. The molecule has 0 atom stereocenters. The third kappa shape index (κ3) is 3.99. The van der Waals surface area contributed by atoms with Gasteiger partial charge in [-0.05, 0) is 30.3 Å². The van der Waals surface area contributed by atoms with Crippen molar-refractivity contribution in [2.75, 3.05) is 21.0 Å². The van der Waals surface area contributed by atoms with Gasteiger partial charge < -0.3 is 23.4 Å². The number of hydrogen-bond acceptors (Lipinski definition) is 7. The van der Waals surface area contributed by atoms with E-state index in [4.69, 9.17) is 23.4 Å². The van der Waals surface area contributed by atoms with Gasteiger partial charge in [0, 0.05) is 18.7 Å². The van der Waals surface area contributed by atoms with Crippen LogP contribution in [0, 0.1) is 0 Å². The van der Waals surface area contributed by atoms with E-state index in [1.54, 1.807) is 32.4 Å². The molecule has 0 amide bonds. The lowest BCUT2D eigenvalue weighted by Crippen LogP contribution is -2.32. The zero-order chi connectivity index (χ0) is 22.8. The maximum Gasteiger partial charge on any atom is 0.235 e.